The second kappa shape index (κ2) is 7.00. The van der Waals surface area contributed by atoms with E-state index < -0.39 is 16.1 Å². The van der Waals surface area contributed by atoms with E-state index in [2.05, 4.69) is 5.32 Å². The highest BCUT2D eigenvalue weighted by molar-refractivity contribution is 7.92. The van der Waals surface area contributed by atoms with E-state index in [1.54, 1.807) is 19.1 Å². The highest BCUT2D eigenvalue weighted by atomic mass is 35.5. The molecule has 0 radical (unpaired) electrons. The minimum Gasteiger partial charge on any atom is -0.495 e. The molecule has 1 atom stereocenters. The topological polar surface area (TPSA) is 75.7 Å². The van der Waals surface area contributed by atoms with Gasteiger partial charge < -0.3 is 10.1 Å². The van der Waals surface area contributed by atoms with Crippen LogP contribution in [0.3, 0.4) is 0 Å². The Balaban J connectivity index is 3.27. The number of sulfonamides is 1. The molecule has 8 heteroatoms. The molecule has 0 spiro atoms. The predicted octanol–water partition coefficient (Wildman–Crippen LogP) is 1.64. The van der Waals surface area contributed by atoms with Crippen LogP contribution in [0.2, 0.25) is 5.02 Å². The monoisotopic (exact) mass is 334 g/mol. The Morgan fingerprint density at radius 1 is 1.48 bits per heavy atom. The molecule has 0 saturated carbocycles. The molecule has 6 nitrogen and oxygen atoms in total. The van der Waals surface area contributed by atoms with Crippen molar-refractivity contribution in [2.24, 2.45) is 0 Å². The molecule has 0 saturated heterocycles. The van der Waals surface area contributed by atoms with E-state index in [1.165, 1.54) is 20.1 Å². The van der Waals surface area contributed by atoms with Crippen molar-refractivity contribution in [3.63, 3.8) is 0 Å². The molecule has 21 heavy (non-hydrogen) atoms. The van der Waals surface area contributed by atoms with Crippen molar-refractivity contribution in [3.8, 4) is 5.75 Å². The molecule has 0 aromatic heterocycles. The first-order chi connectivity index (χ1) is 9.72. The van der Waals surface area contributed by atoms with Crippen molar-refractivity contribution in [3.05, 3.63) is 23.2 Å². The van der Waals surface area contributed by atoms with E-state index in [9.17, 15) is 13.2 Å². The summed E-state index contributed by atoms with van der Waals surface area (Å²) in [6, 6.07) is 3.67. The van der Waals surface area contributed by atoms with Crippen LogP contribution in [0.1, 0.15) is 13.8 Å². The van der Waals surface area contributed by atoms with Crippen LogP contribution in [0.25, 0.3) is 0 Å². The summed E-state index contributed by atoms with van der Waals surface area (Å²) in [5, 5.41) is 2.87. The number of benzene rings is 1. The van der Waals surface area contributed by atoms with Gasteiger partial charge in [-0.25, -0.2) is 8.42 Å². The van der Waals surface area contributed by atoms with Gasteiger partial charge in [0.15, 0.2) is 0 Å². The van der Waals surface area contributed by atoms with Crippen molar-refractivity contribution in [1.29, 1.82) is 0 Å². The molecule has 0 aliphatic carbocycles. The van der Waals surface area contributed by atoms with E-state index in [-0.39, 0.29) is 10.9 Å². The standard InChI is InChI=1S/C13H19ClN2O4S/c1-5-15-13(17)9(2)16(21(4,18)19)10-6-7-12(20-3)11(14)8-10/h6-9H,5H2,1-4H3,(H,15,17)/t9-/m1/s1. The zero-order chi connectivity index (χ0) is 16.2. The summed E-state index contributed by atoms with van der Waals surface area (Å²) in [6.45, 7) is 3.70. The number of nitrogens with zero attached hydrogens (tertiary/aromatic N) is 1. The number of carbonyl (C=O) groups excluding carboxylic acids is 1. The first kappa shape index (κ1) is 17.6. The van der Waals surface area contributed by atoms with Crippen LogP contribution in [0.15, 0.2) is 18.2 Å². The Morgan fingerprint density at radius 3 is 2.52 bits per heavy atom. The van der Waals surface area contributed by atoms with Crippen LogP contribution in [0, 0.1) is 0 Å². The SMILES string of the molecule is CCNC(=O)[C@@H](C)N(c1ccc(OC)c(Cl)c1)S(C)(=O)=O. The number of rotatable bonds is 6. The molecule has 0 bridgehead atoms. The van der Waals surface area contributed by atoms with Gasteiger partial charge in [-0.05, 0) is 32.0 Å². The summed E-state index contributed by atoms with van der Waals surface area (Å²) in [6.07, 6.45) is 1.04. The molecule has 1 amide bonds. The zero-order valence-electron chi connectivity index (χ0n) is 12.4. The predicted molar refractivity (Wildman–Crippen MR) is 83.5 cm³/mol. The number of hydrogen-bond donors (Lipinski definition) is 1. The van der Waals surface area contributed by atoms with E-state index in [4.69, 9.17) is 16.3 Å². The smallest absolute Gasteiger partial charge is 0.243 e. The number of hydrogen-bond acceptors (Lipinski definition) is 4. The maximum atomic E-state index is 12.0. The highest BCUT2D eigenvalue weighted by Gasteiger charge is 2.29. The third-order valence-electron chi connectivity index (χ3n) is 2.83. The third kappa shape index (κ3) is 4.25. The average Bonchev–Trinajstić information content (AvgIpc) is 2.37. The molecule has 1 rings (SSSR count). The number of carbonyl (C=O) groups is 1. The average molecular weight is 335 g/mol. The van der Waals surface area contributed by atoms with Gasteiger partial charge in [-0.2, -0.15) is 0 Å². The van der Waals surface area contributed by atoms with Crippen LogP contribution in [-0.2, 0) is 14.8 Å². The fourth-order valence-electron chi connectivity index (χ4n) is 1.92. The lowest BCUT2D eigenvalue weighted by atomic mass is 10.2. The Labute approximate surface area is 130 Å². The van der Waals surface area contributed by atoms with Gasteiger partial charge in [0.05, 0.1) is 24.1 Å². The van der Waals surface area contributed by atoms with E-state index in [0.29, 0.717) is 18.0 Å². The molecule has 0 unspecified atom stereocenters. The highest BCUT2D eigenvalue weighted by Crippen LogP contribution is 2.31. The van der Waals surface area contributed by atoms with Gasteiger partial charge in [-0.15, -0.1) is 0 Å². The van der Waals surface area contributed by atoms with Gasteiger partial charge in [0.2, 0.25) is 15.9 Å². The first-order valence-corrected chi connectivity index (χ1v) is 8.55. The largest absolute Gasteiger partial charge is 0.495 e. The Morgan fingerprint density at radius 2 is 2.10 bits per heavy atom. The lowest BCUT2D eigenvalue weighted by Crippen LogP contribution is -2.47. The molecular formula is C13H19ClN2O4S. The molecule has 0 aliphatic rings. The number of likely N-dealkylation sites (N-methyl/N-ethyl adjacent to an activating group) is 1. The van der Waals surface area contributed by atoms with Gasteiger partial charge in [0.25, 0.3) is 0 Å². The number of amides is 1. The number of anilines is 1. The maximum absolute atomic E-state index is 12.0. The number of halogens is 1. The van der Waals surface area contributed by atoms with Crippen LogP contribution < -0.4 is 14.4 Å². The second-order valence-corrected chi connectivity index (χ2v) is 6.71. The zero-order valence-corrected chi connectivity index (χ0v) is 14.0. The van der Waals surface area contributed by atoms with E-state index >= 15 is 0 Å². The fraction of sp³-hybridized carbons (Fsp3) is 0.462. The minimum atomic E-state index is -3.64. The van der Waals surface area contributed by atoms with Crippen LogP contribution in [-0.4, -0.2) is 40.3 Å². The summed E-state index contributed by atoms with van der Waals surface area (Å²) in [5.74, 6) is 0.0504. The number of ether oxygens (including phenoxy) is 1. The van der Waals surface area contributed by atoms with Crippen LogP contribution >= 0.6 is 11.6 Å². The van der Waals surface area contributed by atoms with Gasteiger partial charge in [0.1, 0.15) is 11.8 Å². The minimum absolute atomic E-state index is 0.270. The summed E-state index contributed by atoms with van der Waals surface area (Å²) < 4.78 is 30.1. The summed E-state index contributed by atoms with van der Waals surface area (Å²) in [4.78, 5) is 11.9. The van der Waals surface area contributed by atoms with Gasteiger partial charge in [-0.3, -0.25) is 9.10 Å². The van der Waals surface area contributed by atoms with Crippen molar-refractivity contribution >= 4 is 33.2 Å². The summed E-state index contributed by atoms with van der Waals surface area (Å²) >= 11 is 6.02. The Bertz CT molecular complexity index is 619. The van der Waals surface area contributed by atoms with Crippen molar-refractivity contribution in [2.75, 3.05) is 24.2 Å². The third-order valence-corrected chi connectivity index (χ3v) is 4.37. The lowest BCUT2D eigenvalue weighted by Gasteiger charge is -2.28. The molecule has 1 aromatic rings. The van der Waals surface area contributed by atoms with Crippen LogP contribution in [0.5, 0.6) is 5.75 Å². The first-order valence-electron chi connectivity index (χ1n) is 6.33. The maximum Gasteiger partial charge on any atom is 0.243 e. The Hall–Kier alpha value is -1.47. The second-order valence-electron chi connectivity index (χ2n) is 4.45. The molecule has 1 N–H and O–H groups in total. The normalized spacial score (nSPS) is 12.6. The number of nitrogens with one attached hydrogen (secondary N) is 1. The molecule has 0 fully saturated rings. The lowest BCUT2D eigenvalue weighted by molar-refractivity contribution is -0.121. The molecule has 118 valence electrons. The van der Waals surface area contributed by atoms with Crippen molar-refractivity contribution < 1.29 is 17.9 Å². The summed E-state index contributed by atoms with van der Waals surface area (Å²) in [5.41, 5.74) is 0.307. The molecule has 0 aliphatic heterocycles. The molecule has 1 aromatic carbocycles. The van der Waals surface area contributed by atoms with Crippen molar-refractivity contribution in [2.45, 2.75) is 19.9 Å². The van der Waals surface area contributed by atoms with Gasteiger partial charge >= 0.3 is 0 Å². The van der Waals surface area contributed by atoms with E-state index in [0.717, 1.165) is 10.6 Å². The Kier molecular flexibility index (Phi) is 5.86. The van der Waals surface area contributed by atoms with Crippen LogP contribution in [0.4, 0.5) is 5.69 Å². The number of methoxy groups -OCH3 is 1. The van der Waals surface area contributed by atoms with E-state index in [1.807, 2.05) is 0 Å². The van der Waals surface area contributed by atoms with Gasteiger partial charge in [0, 0.05) is 6.54 Å². The van der Waals surface area contributed by atoms with Gasteiger partial charge in [-0.1, -0.05) is 11.6 Å². The molecular weight excluding hydrogens is 316 g/mol. The van der Waals surface area contributed by atoms with Crippen molar-refractivity contribution in [1.82, 2.24) is 5.32 Å². The quantitative estimate of drug-likeness (QED) is 0.858. The fourth-order valence-corrected chi connectivity index (χ4v) is 3.34. The summed E-state index contributed by atoms with van der Waals surface area (Å²) in [7, 11) is -2.18. The molecule has 0 heterocycles.